The molecule has 1 heterocycles. The molecule has 1 aromatic heterocycles. The van der Waals surface area contributed by atoms with E-state index in [4.69, 9.17) is 9.47 Å². The van der Waals surface area contributed by atoms with Crippen LogP contribution in [0.15, 0.2) is 30.3 Å². The van der Waals surface area contributed by atoms with Gasteiger partial charge in [0.15, 0.2) is 0 Å². The van der Waals surface area contributed by atoms with Gasteiger partial charge in [-0.15, -0.1) is 11.3 Å². The topological polar surface area (TPSA) is 64.6 Å². The summed E-state index contributed by atoms with van der Waals surface area (Å²) < 4.78 is 10.6. The van der Waals surface area contributed by atoms with Crippen molar-refractivity contribution in [2.24, 2.45) is 0 Å². The molecular weight excluding hydrogens is 326 g/mol. The summed E-state index contributed by atoms with van der Waals surface area (Å²) in [5.41, 5.74) is 0.857. The summed E-state index contributed by atoms with van der Waals surface area (Å²) in [5, 5.41) is 3.29. The zero-order valence-electron chi connectivity index (χ0n) is 14.0. The van der Waals surface area contributed by atoms with Crippen molar-refractivity contribution in [2.45, 2.75) is 27.2 Å². The van der Waals surface area contributed by atoms with Crippen molar-refractivity contribution >= 4 is 28.2 Å². The second-order valence-electron chi connectivity index (χ2n) is 5.15. The Labute approximate surface area is 145 Å². The Hall–Kier alpha value is -2.34. The maximum atomic E-state index is 12.5. The molecule has 24 heavy (non-hydrogen) atoms. The van der Waals surface area contributed by atoms with Crippen LogP contribution in [0.4, 0.5) is 5.00 Å². The Morgan fingerprint density at radius 3 is 2.71 bits per heavy atom. The highest BCUT2D eigenvalue weighted by atomic mass is 32.1. The van der Waals surface area contributed by atoms with Crippen molar-refractivity contribution in [2.75, 3.05) is 18.5 Å². The lowest BCUT2D eigenvalue weighted by molar-refractivity contribution is 0.0528. The van der Waals surface area contributed by atoms with Gasteiger partial charge in [-0.3, -0.25) is 4.79 Å². The number of carbonyl (C=O) groups is 2. The first-order valence-corrected chi connectivity index (χ1v) is 8.68. The Morgan fingerprint density at radius 2 is 2.00 bits per heavy atom. The number of benzene rings is 1. The summed E-state index contributed by atoms with van der Waals surface area (Å²) in [6.45, 7) is 6.53. The normalized spacial score (nSPS) is 10.3. The van der Waals surface area contributed by atoms with Gasteiger partial charge in [-0.2, -0.15) is 0 Å². The molecule has 0 aliphatic heterocycles. The molecule has 5 nitrogen and oxygen atoms in total. The number of hydrogen-bond donors (Lipinski definition) is 1. The molecule has 0 atom stereocenters. The van der Waals surface area contributed by atoms with E-state index < -0.39 is 5.97 Å². The maximum Gasteiger partial charge on any atom is 0.341 e. The van der Waals surface area contributed by atoms with Crippen molar-refractivity contribution in [3.05, 3.63) is 46.3 Å². The minimum Gasteiger partial charge on any atom is -0.494 e. The lowest BCUT2D eigenvalue weighted by atomic mass is 10.2. The molecule has 0 aliphatic carbocycles. The molecule has 0 saturated carbocycles. The Bertz CT molecular complexity index is 724. The first-order valence-electron chi connectivity index (χ1n) is 7.87. The number of rotatable bonds is 7. The summed E-state index contributed by atoms with van der Waals surface area (Å²) in [4.78, 5) is 25.4. The van der Waals surface area contributed by atoms with Gasteiger partial charge < -0.3 is 14.8 Å². The number of hydrogen-bond acceptors (Lipinski definition) is 5. The first kappa shape index (κ1) is 18.0. The fourth-order valence-corrected chi connectivity index (χ4v) is 2.98. The average Bonchev–Trinajstić information content (AvgIpc) is 2.94. The van der Waals surface area contributed by atoms with E-state index in [1.165, 1.54) is 11.3 Å². The van der Waals surface area contributed by atoms with Crippen molar-refractivity contribution in [1.29, 1.82) is 0 Å². The van der Waals surface area contributed by atoms with E-state index in [9.17, 15) is 9.59 Å². The van der Waals surface area contributed by atoms with Crippen LogP contribution in [0.5, 0.6) is 5.75 Å². The van der Waals surface area contributed by atoms with Gasteiger partial charge >= 0.3 is 5.97 Å². The van der Waals surface area contributed by atoms with Crippen LogP contribution < -0.4 is 10.1 Å². The Balaban J connectivity index is 2.16. The van der Waals surface area contributed by atoms with E-state index in [-0.39, 0.29) is 12.5 Å². The summed E-state index contributed by atoms with van der Waals surface area (Å²) >= 11 is 1.35. The summed E-state index contributed by atoms with van der Waals surface area (Å²) in [6, 6.07) is 8.70. The third-order valence-electron chi connectivity index (χ3n) is 3.15. The predicted molar refractivity (Wildman–Crippen MR) is 95.2 cm³/mol. The smallest absolute Gasteiger partial charge is 0.341 e. The van der Waals surface area contributed by atoms with E-state index in [0.29, 0.717) is 28.5 Å². The summed E-state index contributed by atoms with van der Waals surface area (Å²) in [7, 11) is 0. The van der Waals surface area contributed by atoms with Crippen LogP contribution in [0.2, 0.25) is 0 Å². The minimum atomic E-state index is -0.433. The Kier molecular flexibility index (Phi) is 6.37. The number of nitrogens with one attached hydrogen (secondary N) is 1. The van der Waals surface area contributed by atoms with Crippen LogP contribution in [0, 0.1) is 6.92 Å². The molecule has 0 fully saturated rings. The highest BCUT2D eigenvalue weighted by molar-refractivity contribution is 7.16. The molecule has 2 rings (SSSR count). The fourth-order valence-electron chi connectivity index (χ4n) is 2.09. The number of thiophene rings is 1. The van der Waals surface area contributed by atoms with Gasteiger partial charge in [0.1, 0.15) is 10.8 Å². The van der Waals surface area contributed by atoms with E-state index in [2.05, 4.69) is 5.32 Å². The molecule has 0 radical (unpaired) electrons. The maximum absolute atomic E-state index is 12.5. The van der Waals surface area contributed by atoms with Gasteiger partial charge in [0.2, 0.25) is 0 Å². The molecule has 2 aromatic rings. The van der Waals surface area contributed by atoms with Crippen molar-refractivity contribution in [3.63, 3.8) is 0 Å². The minimum absolute atomic E-state index is 0.288. The van der Waals surface area contributed by atoms with Crippen molar-refractivity contribution in [3.8, 4) is 5.75 Å². The number of aryl methyl sites for hydroxylation is 1. The molecule has 1 N–H and O–H groups in total. The molecule has 1 amide bonds. The molecular formula is C18H21NO4S. The zero-order chi connectivity index (χ0) is 17.5. The van der Waals surface area contributed by atoms with E-state index in [1.807, 2.05) is 19.9 Å². The number of ether oxygens (including phenoxy) is 2. The van der Waals surface area contributed by atoms with Crippen LogP contribution in [-0.2, 0) is 4.74 Å². The number of carbonyl (C=O) groups excluding carboxylic acids is 2. The zero-order valence-corrected chi connectivity index (χ0v) is 14.9. The molecule has 0 aliphatic rings. The molecule has 0 spiro atoms. The van der Waals surface area contributed by atoms with E-state index in [0.717, 1.165) is 11.3 Å². The highest BCUT2D eigenvalue weighted by Crippen LogP contribution is 2.29. The largest absolute Gasteiger partial charge is 0.494 e. The lowest BCUT2D eigenvalue weighted by Crippen LogP contribution is -2.14. The van der Waals surface area contributed by atoms with Gasteiger partial charge in [-0.1, -0.05) is 13.0 Å². The number of amides is 1. The second-order valence-corrected chi connectivity index (χ2v) is 6.41. The van der Waals surface area contributed by atoms with Gasteiger partial charge in [-0.05, 0) is 44.5 Å². The molecule has 0 saturated heterocycles. The molecule has 6 heteroatoms. The van der Waals surface area contributed by atoms with Crippen LogP contribution >= 0.6 is 11.3 Å². The van der Waals surface area contributed by atoms with Crippen LogP contribution in [0.25, 0.3) is 0 Å². The van der Waals surface area contributed by atoms with E-state index >= 15 is 0 Å². The van der Waals surface area contributed by atoms with Crippen LogP contribution in [0.1, 0.15) is 45.9 Å². The number of anilines is 1. The summed E-state index contributed by atoms with van der Waals surface area (Å²) in [6.07, 6.45) is 0.897. The monoisotopic (exact) mass is 347 g/mol. The molecule has 0 unspecified atom stereocenters. The Morgan fingerprint density at radius 1 is 1.21 bits per heavy atom. The van der Waals surface area contributed by atoms with E-state index in [1.54, 1.807) is 31.2 Å². The molecule has 1 aromatic carbocycles. The van der Waals surface area contributed by atoms with Gasteiger partial charge in [-0.25, -0.2) is 4.79 Å². The van der Waals surface area contributed by atoms with Gasteiger partial charge in [0, 0.05) is 10.4 Å². The predicted octanol–water partition coefficient (Wildman–Crippen LogP) is 4.27. The second kappa shape index (κ2) is 8.49. The molecule has 0 bridgehead atoms. The van der Waals surface area contributed by atoms with Crippen molar-refractivity contribution < 1.29 is 19.1 Å². The number of esters is 1. The van der Waals surface area contributed by atoms with Crippen LogP contribution in [-0.4, -0.2) is 25.1 Å². The fraction of sp³-hybridized carbons (Fsp3) is 0.333. The van der Waals surface area contributed by atoms with Crippen LogP contribution in [0.3, 0.4) is 0 Å². The van der Waals surface area contributed by atoms with Gasteiger partial charge in [0.25, 0.3) is 5.91 Å². The SMILES string of the molecule is CCCOc1cccc(C(=O)Nc2sc(C)cc2C(=O)OCC)c1. The lowest BCUT2D eigenvalue weighted by Gasteiger charge is -2.08. The quantitative estimate of drug-likeness (QED) is 0.760. The summed E-state index contributed by atoms with van der Waals surface area (Å²) in [5.74, 6) is -0.0704. The van der Waals surface area contributed by atoms with Gasteiger partial charge in [0.05, 0.1) is 18.8 Å². The standard InChI is InChI=1S/C18H21NO4S/c1-4-9-23-14-8-6-7-13(11-14)16(20)19-17-15(10-12(3)24-17)18(21)22-5-2/h6-8,10-11H,4-5,9H2,1-3H3,(H,19,20). The third-order valence-corrected chi connectivity index (χ3v) is 4.11. The average molecular weight is 347 g/mol. The third kappa shape index (κ3) is 4.58. The molecule has 128 valence electrons. The highest BCUT2D eigenvalue weighted by Gasteiger charge is 2.18. The first-order chi connectivity index (χ1) is 11.5. The van der Waals surface area contributed by atoms with Crippen molar-refractivity contribution in [1.82, 2.24) is 0 Å².